The number of piperidine rings is 1. The zero-order valence-corrected chi connectivity index (χ0v) is 15.6. The van der Waals surface area contributed by atoms with Gasteiger partial charge in [0.2, 0.25) is 11.8 Å². The summed E-state index contributed by atoms with van der Waals surface area (Å²) in [5.41, 5.74) is -0.00785. The lowest BCUT2D eigenvalue weighted by Crippen LogP contribution is -2.44. The second-order valence-electron chi connectivity index (χ2n) is 6.46. The van der Waals surface area contributed by atoms with Gasteiger partial charge < -0.3 is 15.5 Å². The van der Waals surface area contributed by atoms with Crippen LogP contribution in [0.15, 0.2) is 11.4 Å². The third-order valence-corrected chi connectivity index (χ3v) is 5.34. The molecule has 0 spiro atoms. The van der Waals surface area contributed by atoms with Crippen molar-refractivity contribution in [3.05, 3.63) is 21.9 Å². The van der Waals surface area contributed by atoms with E-state index < -0.39 is 12.3 Å². The maximum atomic E-state index is 12.8. The molecule has 2 atom stereocenters. The average molecular weight is 387 g/mol. The molecule has 9 heteroatoms. The minimum atomic E-state index is -2.67. The fourth-order valence-corrected chi connectivity index (χ4v) is 3.52. The highest BCUT2D eigenvalue weighted by Gasteiger charge is 2.29. The van der Waals surface area contributed by atoms with E-state index in [1.54, 1.807) is 18.9 Å². The summed E-state index contributed by atoms with van der Waals surface area (Å²) in [6.07, 6.45) is -1.37. The average Bonchev–Trinajstić information content (AvgIpc) is 3.07. The van der Waals surface area contributed by atoms with E-state index in [0.29, 0.717) is 19.4 Å². The van der Waals surface area contributed by atoms with Crippen LogP contribution in [0.4, 0.5) is 8.78 Å². The monoisotopic (exact) mass is 387 g/mol. The molecule has 0 saturated carbocycles. The number of rotatable bonds is 7. The summed E-state index contributed by atoms with van der Waals surface area (Å²) >= 11 is 0.851. The highest BCUT2D eigenvalue weighted by molar-refractivity contribution is 7.10. The molecule has 3 amide bonds. The molecular formula is C17H23F2N3O3S. The summed E-state index contributed by atoms with van der Waals surface area (Å²) in [4.78, 5) is 37.2. The molecule has 0 radical (unpaired) electrons. The zero-order valence-electron chi connectivity index (χ0n) is 14.8. The Balaban J connectivity index is 1.74. The van der Waals surface area contributed by atoms with E-state index in [9.17, 15) is 23.2 Å². The lowest BCUT2D eigenvalue weighted by molar-refractivity contribution is -0.139. The van der Waals surface area contributed by atoms with Crippen LogP contribution in [0.2, 0.25) is 0 Å². The Hall–Kier alpha value is -2.03. The van der Waals surface area contributed by atoms with Gasteiger partial charge >= 0.3 is 0 Å². The van der Waals surface area contributed by atoms with Crippen LogP contribution in [0.25, 0.3) is 0 Å². The van der Waals surface area contributed by atoms with E-state index in [4.69, 9.17) is 0 Å². The number of hydrogen-bond acceptors (Lipinski definition) is 4. The molecule has 1 fully saturated rings. The van der Waals surface area contributed by atoms with Gasteiger partial charge in [0.25, 0.3) is 12.3 Å². The Kier molecular flexibility index (Phi) is 7.07. The number of thiophene rings is 1. The van der Waals surface area contributed by atoms with Crippen LogP contribution in [0.3, 0.4) is 0 Å². The van der Waals surface area contributed by atoms with Crippen molar-refractivity contribution < 1.29 is 23.2 Å². The standard InChI is InChI=1S/C17H23F2N3O3S/c1-10(21-16(24)11-4-7-22(2)13(23)9-11)3-6-20-17(25)12-5-8-26-14(12)15(18)19/h5,8,10-11,15H,3-4,6-7,9H2,1-2H3,(H,20,25)(H,21,24)/t10-,11?/m0/s1. The first-order valence-electron chi connectivity index (χ1n) is 8.47. The normalized spacial score (nSPS) is 18.7. The maximum absolute atomic E-state index is 12.8. The first-order valence-corrected chi connectivity index (χ1v) is 9.35. The molecule has 6 nitrogen and oxygen atoms in total. The quantitative estimate of drug-likeness (QED) is 0.753. The topological polar surface area (TPSA) is 78.5 Å². The highest BCUT2D eigenvalue weighted by Crippen LogP contribution is 2.28. The van der Waals surface area contributed by atoms with E-state index in [2.05, 4.69) is 10.6 Å². The summed E-state index contributed by atoms with van der Waals surface area (Å²) in [6.45, 7) is 2.62. The largest absolute Gasteiger partial charge is 0.353 e. The number of carbonyl (C=O) groups is 3. The molecule has 0 aromatic carbocycles. The van der Waals surface area contributed by atoms with Gasteiger partial charge in [0.05, 0.1) is 10.4 Å². The fourth-order valence-electron chi connectivity index (χ4n) is 2.77. The second-order valence-corrected chi connectivity index (χ2v) is 7.41. The summed E-state index contributed by atoms with van der Waals surface area (Å²) in [7, 11) is 1.72. The first kappa shape index (κ1) is 20.3. The Morgan fingerprint density at radius 1 is 1.42 bits per heavy atom. The van der Waals surface area contributed by atoms with Crippen LogP contribution >= 0.6 is 11.3 Å². The molecule has 1 saturated heterocycles. The van der Waals surface area contributed by atoms with Crippen LogP contribution in [0, 0.1) is 5.92 Å². The SMILES string of the molecule is C[C@@H](CCNC(=O)c1ccsc1C(F)F)NC(=O)C1CCN(C)C(=O)C1. The number of likely N-dealkylation sites (tertiary alicyclic amines) is 1. The Morgan fingerprint density at radius 2 is 2.15 bits per heavy atom. The van der Waals surface area contributed by atoms with Crippen molar-refractivity contribution in [3.8, 4) is 0 Å². The molecule has 26 heavy (non-hydrogen) atoms. The predicted octanol–water partition coefficient (Wildman–Crippen LogP) is 2.18. The maximum Gasteiger partial charge on any atom is 0.273 e. The smallest absolute Gasteiger partial charge is 0.273 e. The summed E-state index contributed by atoms with van der Waals surface area (Å²) in [6, 6.07) is 1.18. The summed E-state index contributed by atoms with van der Waals surface area (Å²) in [5, 5.41) is 6.90. The van der Waals surface area contributed by atoms with Crippen molar-refractivity contribution in [1.82, 2.24) is 15.5 Å². The lowest BCUT2D eigenvalue weighted by Gasteiger charge is -2.28. The van der Waals surface area contributed by atoms with Crippen LogP contribution in [-0.2, 0) is 9.59 Å². The lowest BCUT2D eigenvalue weighted by atomic mass is 9.95. The van der Waals surface area contributed by atoms with Crippen LogP contribution < -0.4 is 10.6 Å². The number of alkyl halides is 2. The number of nitrogens with one attached hydrogen (secondary N) is 2. The van der Waals surface area contributed by atoms with E-state index in [1.165, 1.54) is 11.4 Å². The Bertz CT molecular complexity index is 665. The van der Waals surface area contributed by atoms with E-state index in [1.807, 2.05) is 0 Å². The third-order valence-electron chi connectivity index (χ3n) is 4.42. The number of halogens is 2. The Morgan fingerprint density at radius 3 is 2.81 bits per heavy atom. The predicted molar refractivity (Wildman–Crippen MR) is 94.2 cm³/mol. The van der Waals surface area contributed by atoms with Crippen molar-refractivity contribution >= 4 is 29.1 Å². The number of nitrogens with zero attached hydrogens (tertiary/aromatic N) is 1. The molecule has 2 N–H and O–H groups in total. The molecule has 0 bridgehead atoms. The minimum absolute atomic E-state index is 0.00785. The molecule has 0 aliphatic carbocycles. The van der Waals surface area contributed by atoms with Gasteiger partial charge in [-0.3, -0.25) is 14.4 Å². The van der Waals surface area contributed by atoms with Gasteiger partial charge in [0, 0.05) is 38.5 Å². The van der Waals surface area contributed by atoms with E-state index in [-0.39, 0.29) is 47.2 Å². The molecule has 1 aliphatic rings. The highest BCUT2D eigenvalue weighted by atomic mass is 32.1. The van der Waals surface area contributed by atoms with Crippen LogP contribution in [0.5, 0.6) is 0 Å². The molecule has 1 aromatic heterocycles. The van der Waals surface area contributed by atoms with Crippen molar-refractivity contribution in [2.24, 2.45) is 5.92 Å². The van der Waals surface area contributed by atoms with Gasteiger partial charge in [-0.2, -0.15) is 0 Å². The molecule has 1 aromatic rings. The minimum Gasteiger partial charge on any atom is -0.353 e. The van der Waals surface area contributed by atoms with Crippen molar-refractivity contribution in [3.63, 3.8) is 0 Å². The number of amides is 3. The Labute approximate surface area is 154 Å². The molecule has 2 heterocycles. The summed E-state index contributed by atoms with van der Waals surface area (Å²) < 4.78 is 25.6. The van der Waals surface area contributed by atoms with Gasteiger partial charge in [0.1, 0.15) is 0 Å². The molecular weight excluding hydrogens is 364 g/mol. The van der Waals surface area contributed by atoms with Crippen molar-refractivity contribution in [2.75, 3.05) is 20.1 Å². The fraction of sp³-hybridized carbons (Fsp3) is 0.588. The summed E-state index contributed by atoms with van der Waals surface area (Å²) in [5.74, 6) is -1.07. The molecule has 144 valence electrons. The van der Waals surface area contributed by atoms with E-state index in [0.717, 1.165) is 11.3 Å². The molecule has 2 rings (SSSR count). The molecule has 1 unspecified atom stereocenters. The van der Waals surface area contributed by atoms with Crippen molar-refractivity contribution in [1.29, 1.82) is 0 Å². The number of carbonyl (C=O) groups excluding carboxylic acids is 3. The van der Waals surface area contributed by atoms with Gasteiger partial charge in [-0.15, -0.1) is 11.3 Å². The second kappa shape index (κ2) is 9.07. The van der Waals surface area contributed by atoms with E-state index >= 15 is 0 Å². The van der Waals surface area contributed by atoms with Gasteiger partial charge in [-0.25, -0.2) is 8.78 Å². The molecule has 1 aliphatic heterocycles. The first-order chi connectivity index (χ1) is 12.3. The van der Waals surface area contributed by atoms with Crippen molar-refractivity contribution in [2.45, 2.75) is 38.7 Å². The van der Waals surface area contributed by atoms with Gasteiger partial charge in [-0.05, 0) is 31.2 Å². The third kappa shape index (κ3) is 5.23. The van der Waals surface area contributed by atoms with Gasteiger partial charge in [-0.1, -0.05) is 0 Å². The van der Waals surface area contributed by atoms with Gasteiger partial charge in [0.15, 0.2) is 0 Å². The van der Waals surface area contributed by atoms with Crippen LogP contribution in [0.1, 0.15) is 47.8 Å². The zero-order chi connectivity index (χ0) is 19.3. The number of hydrogen-bond donors (Lipinski definition) is 2. The van der Waals surface area contributed by atoms with Crippen LogP contribution in [-0.4, -0.2) is 48.8 Å².